The van der Waals surface area contributed by atoms with Crippen LogP contribution in [0, 0.1) is 18.3 Å². The van der Waals surface area contributed by atoms with Crippen LogP contribution < -0.4 is 0 Å². The first-order chi connectivity index (χ1) is 10.2. The number of hydrogen-bond acceptors (Lipinski definition) is 4. The van der Waals surface area contributed by atoms with Gasteiger partial charge in [-0.3, -0.25) is 9.79 Å². The maximum Gasteiger partial charge on any atom is 0.143 e. The Kier molecular flexibility index (Phi) is 3.33. The SMILES string of the molecule is Cc1ccc2c(c1)CC(=O)CC(c1ccnc(C#N)c1)=N2. The summed E-state index contributed by atoms with van der Waals surface area (Å²) in [6, 6.07) is 11.4. The number of rotatable bonds is 1. The van der Waals surface area contributed by atoms with Crippen LogP contribution in [0.5, 0.6) is 0 Å². The van der Waals surface area contributed by atoms with Crippen LogP contribution in [0.4, 0.5) is 5.69 Å². The average Bonchev–Trinajstić information content (AvgIpc) is 2.65. The Morgan fingerprint density at radius 3 is 2.86 bits per heavy atom. The van der Waals surface area contributed by atoms with Crippen LogP contribution >= 0.6 is 0 Å². The normalized spacial score (nSPS) is 13.9. The molecule has 0 aliphatic carbocycles. The van der Waals surface area contributed by atoms with Crippen molar-refractivity contribution < 1.29 is 4.79 Å². The number of benzene rings is 1. The van der Waals surface area contributed by atoms with Crippen molar-refractivity contribution in [3.63, 3.8) is 0 Å². The van der Waals surface area contributed by atoms with E-state index < -0.39 is 0 Å². The van der Waals surface area contributed by atoms with E-state index in [0.29, 0.717) is 17.8 Å². The molecule has 1 aliphatic heterocycles. The fraction of sp³-hybridized carbons (Fsp3) is 0.176. The fourth-order valence-corrected chi connectivity index (χ4v) is 2.45. The molecule has 2 heterocycles. The lowest BCUT2D eigenvalue weighted by Crippen LogP contribution is -2.09. The number of fused-ring (bicyclic) bond motifs is 1. The number of pyridine rings is 1. The molecule has 21 heavy (non-hydrogen) atoms. The van der Waals surface area contributed by atoms with Crippen molar-refractivity contribution in [3.8, 4) is 6.07 Å². The Morgan fingerprint density at radius 2 is 2.05 bits per heavy atom. The topological polar surface area (TPSA) is 66.1 Å². The number of carbonyl (C=O) groups excluding carboxylic acids is 1. The van der Waals surface area contributed by atoms with Crippen LogP contribution in [-0.4, -0.2) is 16.5 Å². The Labute approximate surface area is 122 Å². The van der Waals surface area contributed by atoms with Gasteiger partial charge in [0.2, 0.25) is 0 Å². The number of aryl methyl sites for hydroxylation is 1. The second kappa shape index (κ2) is 5.29. The van der Waals surface area contributed by atoms with Crippen LogP contribution in [0.1, 0.15) is 28.8 Å². The van der Waals surface area contributed by atoms with Gasteiger partial charge in [-0.2, -0.15) is 5.26 Å². The van der Waals surface area contributed by atoms with Crippen molar-refractivity contribution >= 4 is 17.2 Å². The van der Waals surface area contributed by atoms with Crippen molar-refractivity contribution in [2.45, 2.75) is 19.8 Å². The summed E-state index contributed by atoms with van der Waals surface area (Å²) < 4.78 is 0. The first-order valence-corrected chi connectivity index (χ1v) is 6.71. The van der Waals surface area contributed by atoms with E-state index in [1.165, 1.54) is 0 Å². The van der Waals surface area contributed by atoms with Crippen molar-refractivity contribution in [2.75, 3.05) is 0 Å². The lowest BCUT2D eigenvalue weighted by molar-refractivity contribution is -0.117. The Bertz CT molecular complexity index is 800. The van der Waals surface area contributed by atoms with E-state index >= 15 is 0 Å². The molecule has 0 atom stereocenters. The van der Waals surface area contributed by atoms with Gasteiger partial charge in [-0.1, -0.05) is 17.7 Å². The van der Waals surface area contributed by atoms with E-state index in [4.69, 9.17) is 5.26 Å². The quantitative estimate of drug-likeness (QED) is 0.803. The average molecular weight is 275 g/mol. The van der Waals surface area contributed by atoms with Crippen molar-refractivity contribution in [1.82, 2.24) is 4.98 Å². The molecular weight excluding hydrogens is 262 g/mol. The Hall–Kier alpha value is -2.80. The summed E-state index contributed by atoms with van der Waals surface area (Å²) in [4.78, 5) is 20.7. The van der Waals surface area contributed by atoms with E-state index in [1.54, 1.807) is 18.3 Å². The molecule has 2 aromatic rings. The van der Waals surface area contributed by atoms with Crippen LogP contribution in [0.2, 0.25) is 0 Å². The molecule has 4 heteroatoms. The minimum atomic E-state index is 0.133. The zero-order valence-electron chi connectivity index (χ0n) is 11.6. The molecule has 4 nitrogen and oxygen atoms in total. The molecule has 0 saturated heterocycles. The molecule has 0 saturated carbocycles. The predicted molar refractivity (Wildman–Crippen MR) is 79.7 cm³/mol. The molecular formula is C17H13N3O. The molecule has 0 amide bonds. The molecule has 0 spiro atoms. The van der Waals surface area contributed by atoms with Gasteiger partial charge >= 0.3 is 0 Å². The van der Waals surface area contributed by atoms with Gasteiger partial charge in [0.15, 0.2) is 0 Å². The van der Waals surface area contributed by atoms with Gasteiger partial charge in [0.25, 0.3) is 0 Å². The van der Waals surface area contributed by atoms with E-state index in [1.807, 2.05) is 31.2 Å². The Morgan fingerprint density at radius 1 is 1.19 bits per heavy atom. The van der Waals surface area contributed by atoms with E-state index in [-0.39, 0.29) is 12.2 Å². The highest BCUT2D eigenvalue weighted by Gasteiger charge is 2.18. The summed E-state index contributed by atoms with van der Waals surface area (Å²) in [6.45, 7) is 2.00. The molecule has 3 rings (SSSR count). The highest BCUT2D eigenvalue weighted by Crippen LogP contribution is 2.26. The molecule has 102 valence electrons. The maximum absolute atomic E-state index is 12.1. The largest absolute Gasteiger partial charge is 0.299 e. The van der Waals surface area contributed by atoms with Gasteiger partial charge in [0.05, 0.1) is 11.4 Å². The smallest absolute Gasteiger partial charge is 0.143 e. The van der Waals surface area contributed by atoms with Gasteiger partial charge in [-0.15, -0.1) is 0 Å². The Balaban J connectivity index is 2.11. The fourth-order valence-electron chi connectivity index (χ4n) is 2.45. The monoisotopic (exact) mass is 275 g/mol. The zero-order valence-corrected chi connectivity index (χ0v) is 11.6. The van der Waals surface area contributed by atoms with Crippen LogP contribution in [0.3, 0.4) is 0 Å². The van der Waals surface area contributed by atoms with E-state index in [2.05, 4.69) is 9.98 Å². The van der Waals surface area contributed by atoms with Gasteiger partial charge in [-0.05, 0) is 30.7 Å². The molecule has 1 aromatic heterocycles. The maximum atomic E-state index is 12.1. The van der Waals surface area contributed by atoms with Crippen LogP contribution in [0.15, 0.2) is 41.5 Å². The number of aromatic nitrogens is 1. The second-order valence-electron chi connectivity index (χ2n) is 5.12. The second-order valence-corrected chi connectivity index (χ2v) is 5.12. The minimum Gasteiger partial charge on any atom is -0.299 e. The van der Waals surface area contributed by atoms with E-state index in [9.17, 15) is 4.79 Å². The summed E-state index contributed by atoms with van der Waals surface area (Å²) in [6.07, 6.45) is 2.25. The lowest BCUT2D eigenvalue weighted by Gasteiger charge is -2.04. The number of nitrogens with zero attached hydrogens (tertiary/aromatic N) is 3. The predicted octanol–water partition coefficient (Wildman–Crippen LogP) is 2.90. The van der Waals surface area contributed by atoms with Crippen molar-refractivity contribution in [1.29, 1.82) is 5.26 Å². The van der Waals surface area contributed by atoms with Gasteiger partial charge in [0, 0.05) is 24.6 Å². The number of hydrogen-bond donors (Lipinski definition) is 0. The molecule has 0 bridgehead atoms. The molecule has 0 unspecified atom stereocenters. The number of carbonyl (C=O) groups is 1. The van der Waals surface area contributed by atoms with Crippen molar-refractivity contribution in [2.24, 2.45) is 4.99 Å². The van der Waals surface area contributed by atoms with Crippen molar-refractivity contribution in [3.05, 3.63) is 58.9 Å². The third-order valence-corrected chi connectivity index (χ3v) is 3.45. The molecule has 1 aromatic carbocycles. The lowest BCUT2D eigenvalue weighted by atomic mass is 10.0. The van der Waals surface area contributed by atoms with Gasteiger partial charge in [0.1, 0.15) is 17.5 Å². The summed E-state index contributed by atoms with van der Waals surface area (Å²) in [7, 11) is 0. The van der Waals surface area contributed by atoms with E-state index in [0.717, 1.165) is 22.4 Å². The number of Topliss-reactive ketones (excluding diaryl/α,β-unsaturated/α-hetero) is 1. The molecule has 0 N–H and O–H groups in total. The first kappa shape index (κ1) is 13.2. The minimum absolute atomic E-state index is 0.133. The first-order valence-electron chi connectivity index (χ1n) is 6.71. The zero-order chi connectivity index (χ0) is 14.8. The molecule has 1 aliphatic rings. The number of nitriles is 1. The van der Waals surface area contributed by atoms with Gasteiger partial charge < -0.3 is 0 Å². The highest BCUT2D eigenvalue weighted by atomic mass is 16.1. The summed E-state index contributed by atoms with van der Waals surface area (Å²) in [5, 5.41) is 8.94. The number of ketones is 1. The van der Waals surface area contributed by atoms with Crippen LogP contribution in [0.25, 0.3) is 0 Å². The molecule has 0 radical (unpaired) electrons. The third kappa shape index (κ3) is 2.72. The summed E-state index contributed by atoms with van der Waals surface area (Å²) in [5.74, 6) is 0.133. The third-order valence-electron chi connectivity index (χ3n) is 3.45. The highest BCUT2D eigenvalue weighted by molar-refractivity contribution is 6.13. The van der Waals surface area contributed by atoms with Gasteiger partial charge in [-0.25, -0.2) is 4.98 Å². The summed E-state index contributed by atoms with van der Waals surface area (Å²) >= 11 is 0. The number of aliphatic imine (C=N–C) groups is 1. The molecule has 0 fully saturated rings. The standard InChI is InChI=1S/C17H13N3O/c1-11-2-3-16-13(6-11)8-15(21)9-17(20-16)12-4-5-19-14(7-12)10-18/h2-7H,8-9H2,1H3. The summed E-state index contributed by atoms with van der Waals surface area (Å²) in [5.41, 5.74) is 4.72. The van der Waals surface area contributed by atoms with Crippen LogP contribution in [-0.2, 0) is 11.2 Å².